The van der Waals surface area contributed by atoms with Crippen LogP contribution in [0.5, 0.6) is 0 Å². The molecule has 1 unspecified atom stereocenters. The lowest BCUT2D eigenvalue weighted by Crippen LogP contribution is -2.31. The number of nitrogens with one attached hydrogen (secondary N) is 1. The van der Waals surface area contributed by atoms with Gasteiger partial charge in [-0.05, 0) is 47.1 Å². The summed E-state index contributed by atoms with van der Waals surface area (Å²) in [4.78, 5) is 1.02. The third-order valence-electron chi connectivity index (χ3n) is 3.07. The molecule has 0 saturated carbocycles. The molecule has 3 N–H and O–H groups in total. The fraction of sp³-hybridized carbons (Fsp3) is 0.200. The lowest BCUT2D eigenvalue weighted by molar-refractivity contribution is 0.497. The van der Waals surface area contributed by atoms with E-state index in [2.05, 4.69) is 21.4 Å². The van der Waals surface area contributed by atoms with Crippen molar-refractivity contribution in [2.24, 2.45) is 5.84 Å². The molecule has 0 aliphatic rings. The second kappa shape index (κ2) is 7.35. The van der Waals surface area contributed by atoms with Crippen LogP contribution in [0.4, 0.5) is 8.78 Å². The lowest BCUT2D eigenvalue weighted by Gasteiger charge is -2.18. The maximum Gasteiger partial charge on any atom is 0.145 e. The predicted octanol–water partition coefficient (Wildman–Crippen LogP) is 4.33. The van der Waals surface area contributed by atoms with Crippen LogP contribution >= 0.6 is 27.7 Å². The molecular weight excluding hydrogens is 358 g/mol. The van der Waals surface area contributed by atoms with E-state index >= 15 is 0 Å². The van der Waals surface area contributed by atoms with Gasteiger partial charge in [0.15, 0.2) is 0 Å². The fourth-order valence-electron chi connectivity index (χ4n) is 1.89. The highest BCUT2D eigenvalue weighted by molar-refractivity contribution is 9.10. The van der Waals surface area contributed by atoms with Crippen LogP contribution in [0.3, 0.4) is 0 Å². The molecule has 0 bridgehead atoms. The number of rotatable bonds is 5. The number of hydrazine groups is 1. The van der Waals surface area contributed by atoms with E-state index in [1.165, 1.54) is 23.9 Å². The van der Waals surface area contributed by atoms with Gasteiger partial charge in [0.25, 0.3) is 0 Å². The van der Waals surface area contributed by atoms with Crippen LogP contribution < -0.4 is 11.3 Å². The van der Waals surface area contributed by atoms with Crippen LogP contribution in [0, 0.1) is 18.6 Å². The lowest BCUT2D eigenvalue weighted by atomic mass is 10.1. The van der Waals surface area contributed by atoms with Gasteiger partial charge in [0.05, 0.1) is 10.5 Å². The van der Waals surface area contributed by atoms with Crippen LogP contribution in [-0.2, 0) is 0 Å². The monoisotopic (exact) mass is 372 g/mol. The van der Waals surface area contributed by atoms with Crippen LogP contribution in [0.25, 0.3) is 0 Å². The van der Waals surface area contributed by atoms with Crippen molar-refractivity contribution < 1.29 is 8.78 Å². The number of aryl methyl sites for hydroxylation is 1. The molecule has 0 fully saturated rings. The average Bonchev–Trinajstić information content (AvgIpc) is 2.48. The molecule has 2 nitrogen and oxygen atoms in total. The highest BCUT2D eigenvalue weighted by atomic mass is 79.9. The Kier molecular flexibility index (Phi) is 5.75. The molecule has 0 amide bonds. The number of nitrogens with two attached hydrogens (primary N) is 1. The Balaban J connectivity index is 2.17. The first kappa shape index (κ1) is 16.4. The van der Waals surface area contributed by atoms with Gasteiger partial charge in [-0.1, -0.05) is 17.7 Å². The molecule has 0 radical (unpaired) electrons. The summed E-state index contributed by atoms with van der Waals surface area (Å²) in [5, 5.41) is 0. The van der Waals surface area contributed by atoms with Crippen LogP contribution in [0.1, 0.15) is 17.2 Å². The van der Waals surface area contributed by atoms with E-state index in [-0.39, 0.29) is 10.0 Å². The van der Waals surface area contributed by atoms with Crippen molar-refractivity contribution >= 4 is 27.7 Å². The van der Waals surface area contributed by atoms with Gasteiger partial charge < -0.3 is 0 Å². The summed E-state index contributed by atoms with van der Waals surface area (Å²) in [6.07, 6.45) is 0. The average molecular weight is 373 g/mol. The molecule has 2 aromatic carbocycles. The zero-order valence-corrected chi connectivity index (χ0v) is 13.8. The van der Waals surface area contributed by atoms with E-state index in [4.69, 9.17) is 5.84 Å². The van der Waals surface area contributed by atoms with Gasteiger partial charge in [-0.3, -0.25) is 11.3 Å². The smallest absolute Gasteiger partial charge is 0.145 e. The molecule has 21 heavy (non-hydrogen) atoms. The van der Waals surface area contributed by atoms with E-state index in [0.717, 1.165) is 10.5 Å². The molecule has 6 heteroatoms. The molecule has 0 aromatic heterocycles. The van der Waals surface area contributed by atoms with Gasteiger partial charge in [0.1, 0.15) is 11.6 Å². The van der Waals surface area contributed by atoms with Crippen LogP contribution in [0.15, 0.2) is 45.8 Å². The molecule has 0 aliphatic carbocycles. The second-order valence-electron chi connectivity index (χ2n) is 4.60. The van der Waals surface area contributed by atoms with E-state index in [9.17, 15) is 8.78 Å². The second-order valence-corrected chi connectivity index (χ2v) is 6.55. The van der Waals surface area contributed by atoms with Gasteiger partial charge in [-0.2, -0.15) is 0 Å². The van der Waals surface area contributed by atoms with E-state index in [1.54, 1.807) is 0 Å². The zero-order valence-electron chi connectivity index (χ0n) is 11.4. The normalized spacial score (nSPS) is 12.4. The van der Waals surface area contributed by atoms with Crippen molar-refractivity contribution in [1.29, 1.82) is 0 Å². The molecule has 0 saturated heterocycles. The summed E-state index contributed by atoms with van der Waals surface area (Å²) < 4.78 is 28.2. The molecule has 1 atom stereocenters. The first-order valence-electron chi connectivity index (χ1n) is 6.32. The molecule has 2 rings (SSSR count). The number of hydrogen-bond donors (Lipinski definition) is 2. The molecule has 0 heterocycles. The Morgan fingerprint density at radius 2 is 1.86 bits per heavy atom. The van der Waals surface area contributed by atoms with Crippen LogP contribution in [-0.4, -0.2) is 5.75 Å². The van der Waals surface area contributed by atoms with Gasteiger partial charge >= 0.3 is 0 Å². The largest absolute Gasteiger partial charge is 0.271 e. The van der Waals surface area contributed by atoms with Crippen molar-refractivity contribution in [3.05, 3.63) is 63.6 Å². The Morgan fingerprint density at radius 3 is 2.48 bits per heavy atom. The number of benzene rings is 2. The summed E-state index contributed by atoms with van der Waals surface area (Å²) in [6, 6.07) is 9.88. The molecule has 0 aliphatic heterocycles. The van der Waals surface area contributed by atoms with Gasteiger partial charge in [0.2, 0.25) is 0 Å². The number of halogens is 3. The third-order valence-corrected chi connectivity index (χ3v) is 4.78. The van der Waals surface area contributed by atoms with Gasteiger partial charge in [-0.15, -0.1) is 11.8 Å². The summed E-state index contributed by atoms with van der Waals surface area (Å²) in [7, 11) is 0. The topological polar surface area (TPSA) is 38.0 Å². The van der Waals surface area contributed by atoms with Crippen molar-refractivity contribution in [3.63, 3.8) is 0 Å². The molecular formula is C15H15BrF2N2S. The van der Waals surface area contributed by atoms with Crippen molar-refractivity contribution in [1.82, 2.24) is 5.43 Å². The Labute approximate surface area is 135 Å². The Hall–Kier alpha value is -0.950. The number of hydrogen-bond acceptors (Lipinski definition) is 3. The maximum absolute atomic E-state index is 14.1. The summed E-state index contributed by atoms with van der Waals surface area (Å²) in [5.74, 6) is 4.66. The van der Waals surface area contributed by atoms with Crippen molar-refractivity contribution in [2.45, 2.75) is 17.9 Å². The minimum atomic E-state index is -0.623. The third kappa shape index (κ3) is 4.03. The predicted molar refractivity (Wildman–Crippen MR) is 86.0 cm³/mol. The summed E-state index contributed by atoms with van der Waals surface area (Å²) in [6.45, 7) is 2.00. The Bertz CT molecular complexity index is 620. The van der Waals surface area contributed by atoms with E-state index in [0.29, 0.717) is 5.75 Å². The fourth-order valence-corrected chi connectivity index (χ4v) is 3.19. The molecule has 0 spiro atoms. The highest BCUT2D eigenvalue weighted by Crippen LogP contribution is 2.30. The van der Waals surface area contributed by atoms with Gasteiger partial charge in [0, 0.05) is 16.2 Å². The summed E-state index contributed by atoms with van der Waals surface area (Å²) in [5.41, 5.74) is 3.60. The standard InChI is InChI=1S/C15H15BrF2N2S/c1-9-2-4-10(5-3-9)21-8-13(20-19)14-12(17)7-6-11(16)15(14)18/h2-7,13,20H,8,19H2,1H3. The number of thioether (sulfide) groups is 1. The zero-order chi connectivity index (χ0) is 15.4. The Morgan fingerprint density at radius 1 is 1.19 bits per heavy atom. The van der Waals surface area contributed by atoms with Crippen LogP contribution in [0.2, 0.25) is 0 Å². The highest BCUT2D eigenvalue weighted by Gasteiger charge is 2.21. The van der Waals surface area contributed by atoms with Crippen molar-refractivity contribution in [3.8, 4) is 0 Å². The first-order chi connectivity index (χ1) is 10.0. The van der Waals surface area contributed by atoms with E-state index < -0.39 is 17.7 Å². The quantitative estimate of drug-likeness (QED) is 0.355. The maximum atomic E-state index is 14.1. The SMILES string of the molecule is Cc1ccc(SCC(NN)c2c(F)ccc(Br)c2F)cc1. The first-order valence-corrected chi connectivity index (χ1v) is 8.09. The van der Waals surface area contributed by atoms with Gasteiger partial charge in [-0.25, -0.2) is 8.78 Å². The summed E-state index contributed by atoms with van der Waals surface area (Å²) >= 11 is 4.55. The van der Waals surface area contributed by atoms with Crippen molar-refractivity contribution in [2.75, 3.05) is 5.75 Å². The minimum Gasteiger partial charge on any atom is -0.271 e. The van der Waals surface area contributed by atoms with E-state index in [1.807, 2.05) is 31.2 Å². The molecule has 112 valence electrons. The minimum absolute atomic E-state index is 0.0495. The molecule has 2 aromatic rings.